The van der Waals surface area contributed by atoms with Crippen LogP contribution in [0.1, 0.15) is 16.2 Å². The van der Waals surface area contributed by atoms with Gasteiger partial charge in [-0.25, -0.2) is 0 Å². The minimum Gasteiger partial charge on any atom is -0.355 e. The third-order valence-electron chi connectivity index (χ3n) is 3.46. The van der Waals surface area contributed by atoms with E-state index in [4.69, 9.17) is 0 Å². The molecule has 1 heterocycles. The van der Waals surface area contributed by atoms with Crippen LogP contribution in [0.2, 0.25) is 0 Å². The Hall–Kier alpha value is -2.61. The van der Waals surface area contributed by atoms with Gasteiger partial charge in [-0.05, 0) is 18.1 Å². The molecule has 1 N–H and O–H groups in total. The van der Waals surface area contributed by atoms with Gasteiger partial charge >= 0.3 is 0 Å². The van der Waals surface area contributed by atoms with Crippen LogP contribution in [0.5, 0.6) is 0 Å². The number of aromatic amines is 1. The molecular formula is C18H15NO. The van der Waals surface area contributed by atoms with Crippen molar-refractivity contribution in [3.8, 4) is 22.3 Å². The van der Waals surface area contributed by atoms with Gasteiger partial charge in [-0.2, -0.15) is 0 Å². The van der Waals surface area contributed by atoms with Crippen LogP contribution in [0, 0.1) is 6.92 Å². The monoisotopic (exact) mass is 261 g/mol. The summed E-state index contributed by atoms with van der Waals surface area (Å²) < 4.78 is 0. The Labute approximate surface area is 118 Å². The second kappa shape index (κ2) is 5.17. The number of aryl methyl sites for hydroxylation is 1. The maximum absolute atomic E-state index is 11.4. The highest BCUT2D eigenvalue weighted by Crippen LogP contribution is 2.36. The number of carbonyl (C=O) groups is 1. The molecule has 0 amide bonds. The summed E-state index contributed by atoms with van der Waals surface area (Å²) in [5.41, 5.74) is 5.89. The molecule has 0 aliphatic rings. The van der Waals surface area contributed by atoms with Gasteiger partial charge in [0.05, 0.1) is 5.69 Å². The number of hydrogen-bond acceptors (Lipinski definition) is 1. The Morgan fingerprint density at radius 1 is 0.800 bits per heavy atom. The molecule has 0 saturated carbocycles. The third-order valence-corrected chi connectivity index (χ3v) is 3.46. The molecule has 0 spiro atoms. The normalized spacial score (nSPS) is 10.4. The number of carbonyl (C=O) groups excluding carboxylic acids is 1. The van der Waals surface area contributed by atoms with Crippen molar-refractivity contribution >= 4 is 6.29 Å². The lowest BCUT2D eigenvalue weighted by Crippen LogP contribution is -1.86. The van der Waals surface area contributed by atoms with Crippen molar-refractivity contribution in [1.29, 1.82) is 0 Å². The zero-order chi connectivity index (χ0) is 13.9. The van der Waals surface area contributed by atoms with Crippen molar-refractivity contribution < 1.29 is 4.79 Å². The van der Waals surface area contributed by atoms with Gasteiger partial charge in [-0.15, -0.1) is 0 Å². The zero-order valence-electron chi connectivity index (χ0n) is 11.3. The highest BCUT2D eigenvalue weighted by Gasteiger charge is 2.17. The second-order valence-corrected chi connectivity index (χ2v) is 4.76. The molecule has 2 aromatic carbocycles. The molecule has 0 aliphatic heterocycles. The van der Waals surface area contributed by atoms with Crippen LogP contribution in [0.25, 0.3) is 22.3 Å². The van der Waals surface area contributed by atoms with E-state index in [1.54, 1.807) is 0 Å². The number of H-pyrrole nitrogens is 1. The quantitative estimate of drug-likeness (QED) is 0.693. The van der Waals surface area contributed by atoms with Crippen molar-refractivity contribution in [3.05, 3.63) is 72.1 Å². The van der Waals surface area contributed by atoms with Crippen molar-refractivity contribution in [1.82, 2.24) is 4.98 Å². The van der Waals surface area contributed by atoms with Crippen LogP contribution in [-0.4, -0.2) is 11.3 Å². The fraction of sp³-hybridized carbons (Fsp3) is 0.0556. The van der Waals surface area contributed by atoms with E-state index in [1.807, 2.05) is 55.5 Å². The Kier molecular flexibility index (Phi) is 3.21. The van der Waals surface area contributed by atoms with Gasteiger partial charge < -0.3 is 4.98 Å². The van der Waals surface area contributed by atoms with Crippen LogP contribution in [-0.2, 0) is 0 Å². The summed E-state index contributed by atoms with van der Waals surface area (Å²) in [6.07, 6.45) is 0.891. The number of nitrogens with one attached hydrogen (secondary N) is 1. The van der Waals surface area contributed by atoms with Gasteiger partial charge in [0.15, 0.2) is 6.29 Å². The molecule has 0 saturated heterocycles. The van der Waals surface area contributed by atoms with E-state index in [2.05, 4.69) is 17.1 Å². The summed E-state index contributed by atoms with van der Waals surface area (Å²) in [7, 11) is 0. The summed E-state index contributed by atoms with van der Waals surface area (Å²) in [5, 5.41) is 0. The molecule has 0 bridgehead atoms. The highest BCUT2D eigenvalue weighted by molar-refractivity contribution is 5.96. The predicted octanol–water partition coefficient (Wildman–Crippen LogP) is 4.47. The first kappa shape index (κ1) is 12.4. The van der Waals surface area contributed by atoms with Crippen LogP contribution < -0.4 is 0 Å². The van der Waals surface area contributed by atoms with E-state index in [1.165, 1.54) is 0 Å². The average Bonchev–Trinajstić information content (AvgIpc) is 2.85. The molecule has 2 heteroatoms. The molecule has 3 rings (SSSR count). The Morgan fingerprint density at radius 2 is 1.30 bits per heavy atom. The minimum absolute atomic E-state index is 0.632. The SMILES string of the molecule is Cc1[nH]c(C=O)c(-c2ccccc2)c1-c1ccccc1. The molecule has 0 unspecified atom stereocenters. The summed E-state index contributed by atoms with van der Waals surface area (Å²) in [6.45, 7) is 2.00. The van der Waals surface area contributed by atoms with Gasteiger partial charge in [-0.3, -0.25) is 4.79 Å². The number of rotatable bonds is 3. The summed E-state index contributed by atoms with van der Waals surface area (Å²) in [4.78, 5) is 14.6. The lowest BCUT2D eigenvalue weighted by molar-refractivity contribution is 0.112. The Morgan fingerprint density at radius 3 is 1.80 bits per heavy atom. The number of hydrogen-bond donors (Lipinski definition) is 1. The van der Waals surface area contributed by atoms with Gasteiger partial charge in [0.2, 0.25) is 0 Å². The minimum atomic E-state index is 0.632. The fourth-order valence-electron chi connectivity index (χ4n) is 2.61. The van der Waals surface area contributed by atoms with Gasteiger partial charge in [0, 0.05) is 16.8 Å². The number of aldehydes is 1. The van der Waals surface area contributed by atoms with Crippen molar-refractivity contribution in [2.24, 2.45) is 0 Å². The first-order valence-corrected chi connectivity index (χ1v) is 6.60. The van der Waals surface area contributed by atoms with Crippen LogP contribution in [0.4, 0.5) is 0 Å². The maximum Gasteiger partial charge on any atom is 0.166 e. The summed E-state index contributed by atoms with van der Waals surface area (Å²) in [5.74, 6) is 0. The first-order chi connectivity index (χ1) is 9.81. The van der Waals surface area contributed by atoms with E-state index in [9.17, 15) is 4.79 Å². The summed E-state index contributed by atoms with van der Waals surface area (Å²) in [6, 6.07) is 20.2. The Balaban J connectivity index is 2.30. The average molecular weight is 261 g/mol. The predicted molar refractivity (Wildman–Crippen MR) is 81.8 cm³/mol. The van der Waals surface area contributed by atoms with Gasteiger partial charge in [-0.1, -0.05) is 60.7 Å². The van der Waals surface area contributed by atoms with Gasteiger partial charge in [0.1, 0.15) is 0 Å². The molecule has 0 atom stereocenters. The highest BCUT2D eigenvalue weighted by atomic mass is 16.1. The zero-order valence-corrected chi connectivity index (χ0v) is 11.3. The molecule has 2 nitrogen and oxygen atoms in total. The van der Waals surface area contributed by atoms with Crippen LogP contribution in [0.15, 0.2) is 60.7 Å². The first-order valence-electron chi connectivity index (χ1n) is 6.60. The number of aromatic nitrogens is 1. The van der Waals surface area contributed by atoms with E-state index in [-0.39, 0.29) is 0 Å². The molecule has 0 fully saturated rings. The molecule has 1 aromatic heterocycles. The van der Waals surface area contributed by atoms with Crippen LogP contribution >= 0.6 is 0 Å². The largest absolute Gasteiger partial charge is 0.355 e. The molecule has 20 heavy (non-hydrogen) atoms. The second-order valence-electron chi connectivity index (χ2n) is 4.76. The van der Waals surface area contributed by atoms with E-state index in [0.29, 0.717) is 5.69 Å². The maximum atomic E-state index is 11.4. The molecular weight excluding hydrogens is 246 g/mol. The number of benzene rings is 2. The topological polar surface area (TPSA) is 32.9 Å². The smallest absolute Gasteiger partial charge is 0.166 e. The van der Waals surface area contributed by atoms with Crippen molar-refractivity contribution in [2.75, 3.05) is 0 Å². The lowest BCUT2D eigenvalue weighted by Gasteiger charge is -2.07. The third kappa shape index (κ3) is 2.05. The standard InChI is InChI=1S/C18H15NO/c1-13-17(14-8-4-2-5-9-14)18(16(12-20)19-13)15-10-6-3-7-11-15/h2-12,19H,1H3. The molecule has 0 radical (unpaired) electrons. The van der Waals surface area contributed by atoms with Crippen LogP contribution in [0.3, 0.4) is 0 Å². The van der Waals surface area contributed by atoms with E-state index >= 15 is 0 Å². The molecule has 98 valence electrons. The van der Waals surface area contributed by atoms with E-state index < -0.39 is 0 Å². The molecule has 3 aromatic rings. The fourth-order valence-corrected chi connectivity index (χ4v) is 2.61. The summed E-state index contributed by atoms with van der Waals surface area (Å²) >= 11 is 0. The Bertz CT molecular complexity index is 727. The van der Waals surface area contributed by atoms with Crippen molar-refractivity contribution in [3.63, 3.8) is 0 Å². The molecule has 0 aliphatic carbocycles. The lowest BCUT2D eigenvalue weighted by atomic mass is 9.95. The van der Waals surface area contributed by atoms with Crippen molar-refractivity contribution in [2.45, 2.75) is 6.92 Å². The van der Waals surface area contributed by atoms with E-state index in [0.717, 1.165) is 34.2 Å². The van der Waals surface area contributed by atoms with Gasteiger partial charge in [0.25, 0.3) is 0 Å².